The van der Waals surface area contributed by atoms with E-state index in [1.54, 1.807) is 11.1 Å². The molecule has 0 atom stereocenters. The van der Waals surface area contributed by atoms with Gasteiger partial charge >= 0.3 is 0 Å². The molecule has 0 nitrogen and oxygen atoms in total. The molecule has 0 radical (unpaired) electrons. The summed E-state index contributed by atoms with van der Waals surface area (Å²) in [5.74, 6) is 0. The average Bonchev–Trinajstić information content (AvgIpc) is 2.47. The summed E-state index contributed by atoms with van der Waals surface area (Å²) in [6.07, 6.45) is 17.3. The fraction of sp³-hybridized carbons (Fsp3) is 0.692. The van der Waals surface area contributed by atoms with Crippen LogP contribution in [0.25, 0.3) is 0 Å². The van der Waals surface area contributed by atoms with Gasteiger partial charge in [-0.2, -0.15) is 0 Å². The van der Waals surface area contributed by atoms with Gasteiger partial charge in [-0.25, -0.2) is 0 Å². The molecule has 0 aliphatic rings. The summed E-state index contributed by atoms with van der Waals surface area (Å²) in [5.41, 5.74) is 6.31. The first-order chi connectivity index (χ1) is 12.8. The van der Waals surface area contributed by atoms with E-state index < -0.39 is 16.1 Å². The van der Waals surface area contributed by atoms with Gasteiger partial charge in [-0.15, -0.1) is 0 Å². The molecule has 2 heteroatoms. The van der Waals surface area contributed by atoms with Crippen LogP contribution in [0.5, 0.6) is 0 Å². The highest BCUT2D eigenvalue weighted by atomic mass is 28.3. The third-order valence-corrected chi connectivity index (χ3v) is 7.61. The number of hydrogen-bond donors (Lipinski definition) is 0. The minimum atomic E-state index is -1.04. The second-order valence-corrected chi connectivity index (χ2v) is 22.4. The summed E-state index contributed by atoms with van der Waals surface area (Å²) in [6.45, 7) is 23.8. The van der Waals surface area contributed by atoms with Crippen LogP contribution >= 0.6 is 0 Å². The fourth-order valence-electron chi connectivity index (χ4n) is 3.56. The number of rotatable bonds is 13. The Balaban J connectivity index is 4.96. The fourth-order valence-corrected chi connectivity index (χ4v) is 6.92. The molecule has 162 valence electrons. The molecule has 0 saturated heterocycles. The molecule has 0 N–H and O–H groups in total. The van der Waals surface area contributed by atoms with Gasteiger partial charge in [0.2, 0.25) is 0 Å². The van der Waals surface area contributed by atoms with Gasteiger partial charge in [0, 0.05) is 16.1 Å². The smallest absolute Gasteiger partial charge is 0.0483 e. The van der Waals surface area contributed by atoms with Gasteiger partial charge in [0.15, 0.2) is 0 Å². The van der Waals surface area contributed by atoms with Crippen molar-refractivity contribution < 1.29 is 0 Å². The van der Waals surface area contributed by atoms with E-state index in [0.29, 0.717) is 0 Å². The van der Waals surface area contributed by atoms with Crippen LogP contribution in [0.1, 0.15) is 66.2 Å². The predicted octanol–water partition coefficient (Wildman–Crippen LogP) is 9.79. The predicted molar refractivity (Wildman–Crippen MR) is 139 cm³/mol. The van der Waals surface area contributed by atoms with Crippen molar-refractivity contribution in [2.75, 3.05) is 0 Å². The Bertz CT molecular complexity index is 500. The number of hydrogen-bond acceptors (Lipinski definition) is 0. The van der Waals surface area contributed by atoms with Crippen LogP contribution in [0.15, 0.2) is 46.6 Å². The van der Waals surface area contributed by atoms with E-state index in [0.717, 1.165) is 0 Å². The largest absolute Gasteiger partial charge is 0.0856 e. The van der Waals surface area contributed by atoms with Crippen molar-refractivity contribution in [1.29, 1.82) is 0 Å². The Kier molecular flexibility index (Phi) is 13.3. The maximum absolute atomic E-state index is 2.58. The zero-order chi connectivity index (χ0) is 21.8. The molecule has 0 fully saturated rings. The van der Waals surface area contributed by atoms with Crippen LogP contribution in [-0.4, -0.2) is 16.1 Å². The Labute approximate surface area is 180 Å². The normalized spacial score (nSPS) is 13.5. The lowest BCUT2D eigenvalue weighted by Gasteiger charge is -2.19. The van der Waals surface area contributed by atoms with Gasteiger partial charge < -0.3 is 0 Å². The molecule has 0 bridgehead atoms. The summed E-state index contributed by atoms with van der Waals surface area (Å²) < 4.78 is 0. The SMILES string of the molecule is CC(C)=CCC/C(=C\CC/C=C(\CCC=C(C)C)C[Si](C)(C)C)C[Si](C)(C)C. The molecule has 0 spiro atoms. The van der Waals surface area contributed by atoms with Crippen LogP contribution < -0.4 is 0 Å². The van der Waals surface area contributed by atoms with Crippen molar-refractivity contribution in [1.82, 2.24) is 0 Å². The maximum Gasteiger partial charge on any atom is 0.0483 e. The van der Waals surface area contributed by atoms with Crippen LogP contribution in [-0.2, 0) is 0 Å². The van der Waals surface area contributed by atoms with Gasteiger partial charge in [0.05, 0.1) is 0 Å². The maximum atomic E-state index is 2.58. The topological polar surface area (TPSA) is 0 Å². The molecular formula is C26H50Si2. The number of allylic oxidation sites excluding steroid dienone is 8. The average molecular weight is 419 g/mol. The van der Waals surface area contributed by atoms with Gasteiger partial charge in [0.1, 0.15) is 0 Å². The molecule has 0 aromatic carbocycles. The van der Waals surface area contributed by atoms with Gasteiger partial charge in [-0.3, -0.25) is 0 Å². The van der Waals surface area contributed by atoms with Crippen molar-refractivity contribution in [3.8, 4) is 0 Å². The Morgan fingerprint density at radius 1 is 0.500 bits per heavy atom. The van der Waals surface area contributed by atoms with Crippen LogP contribution in [0.4, 0.5) is 0 Å². The van der Waals surface area contributed by atoms with E-state index in [-0.39, 0.29) is 0 Å². The highest BCUT2D eigenvalue weighted by Gasteiger charge is 2.16. The van der Waals surface area contributed by atoms with Crippen molar-refractivity contribution in [3.63, 3.8) is 0 Å². The molecule has 0 rings (SSSR count). The minimum Gasteiger partial charge on any atom is -0.0856 e. The second kappa shape index (κ2) is 13.6. The summed E-state index contributed by atoms with van der Waals surface area (Å²) in [5, 5.41) is 0. The van der Waals surface area contributed by atoms with Gasteiger partial charge in [0.25, 0.3) is 0 Å². The molecule has 0 aliphatic carbocycles. The Hall–Kier alpha value is -0.606. The van der Waals surface area contributed by atoms with Crippen molar-refractivity contribution in [2.45, 2.75) is 118 Å². The zero-order valence-corrected chi connectivity index (χ0v) is 23.0. The first kappa shape index (κ1) is 27.4. The van der Waals surface area contributed by atoms with Crippen molar-refractivity contribution >= 4 is 16.1 Å². The van der Waals surface area contributed by atoms with E-state index in [4.69, 9.17) is 0 Å². The van der Waals surface area contributed by atoms with Crippen LogP contribution in [0, 0.1) is 0 Å². The second-order valence-electron chi connectivity index (χ2n) is 11.4. The summed E-state index contributed by atoms with van der Waals surface area (Å²) in [4.78, 5) is 0. The number of unbranched alkanes of at least 4 members (excludes halogenated alkanes) is 1. The third kappa shape index (κ3) is 18.7. The monoisotopic (exact) mass is 418 g/mol. The van der Waals surface area contributed by atoms with E-state index >= 15 is 0 Å². The summed E-state index contributed by atoms with van der Waals surface area (Å²) >= 11 is 0. The Morgan fingerprint density at radius 2 is 0.821 bits per heavy atom. The first-order valence-electron chi connectivity index (χ1n) is 11.4. The van der Waals surface area contributed by atoms with Crippen molar-refractivity contribution in [2.24, 2.45) is 0 Å². The van der Waals surface area contributed by atoms with E-state index in [2.05, 4.69) is 91.3 Å². The van der Waals surface area contributed by atoms with Crippen molar-refractivity contribution in [3.05, 3.63) is 46.6 Å². The van der Waals surface area contributed by atoms with Crippen LogP contribution in [0.3, 0.4) is 0 Å². The lowest BCUT2D eigenvalue weighted by Crippen LogP contribution is -2.20. The van der Waals surface area contributed by atoms with Crippen LogP contribution in [0.2, 0.25) is 51.4 Å². The van der Waals surface area contributed by atoms with E-state index in [1.807, 2.05) is 0 Å². The highest BCUT2D eigenvalue weighted by Crippen LogP contribution is 2.24. The lowest BCUT2D eigenvalue weighted by atomic mass is 10.1. The standard InChI is InChI=1S/C26H50Si2/c1-23(2)15-13-19-25(21-27(5,6)7)17-11-12-18-26(22-28(8,9)10)20-14-16-24(3)4/h15-18H,11-14,19-22H2,1-10H3/b25-17+,26-18+. The van der Waals surface area contributed by atoms with E-state index in [9.17, 15) is 0 Å². The quantitative estimate of drug-likeness (QED) is 0.158. The molecule has 0 amide bonds. The van der Waals surface area contributed by atoms with Gasteiger partial charge in [-0.1, -0.05) is 85.9 Å². The summed E-state index contributed by atoms with van der Waals surface area (Å²) in [7, 11) is -2.09. The Morgan fingerprint density at radius 3 is 1.07 bits per heavy atom. The molecule has 0 unspecified atom stereocenters. The van der Waals surface area contributed by atoms with E-state index in [1.165, 1.54) is 61.8 Å². The molecule has 28 heavy (non-hydrogen) atoms. The zero-order valence-electron chi connectivity index (χ0n) is 21.0. The van der Waals surface area contributed by atoms with Gasteiger partial charge in [-0.05, 0) is 78.3 Å². The molecule has 0 aliphatic heterocycles. The highest BCUT2D eigenvalue weighted by molar-refractivity contribution is 6.77. The molecular weight excluding hydrogens is 368 g/mol. The molecule has 0 aromatic heterocycles. The third-order valence-electron chi connectivity index (χ3n) is 4.58. The summed E-state index contributed by atoms with van der Waals surface area (Å²) in [6, 6.07) is 2.71. The lowest BCUT2D eigenvalue weighted by molar-refractivity contribution is 0.909. The molecule has 0 aromatic rings. The molecule has 0 saturated carbocycles. The molecule has 0 heterocycles. The minimum absolute atomic E-state index is 1.04. The first-order valence-corrected chi connectivity index (χ1v) is 18.8.